The van der Waals surface area contributed by atoms with Crippen LogP contribution in [-0.2, 0) is 9.59 Å². The minimum Gasteiger partial charge on any atom is -0.481 e. The van der Waals surface area contributed by atoms with E-state index in [0.29, 0.717) is 0 Å². The molecule has 8 nitrogen and oxygen atoms in total. The van der Waals surface area contributed by atoms with E-state index in [1.54, 1.807) is 0 Å². The van der Waals surface area contributed by atoms with Crippen LogP contribution in [0.25, 0.3) is 0 Å². The Balaban J connectivity index is 2.31. The average molecular weight is 267 g/mol. The predicted octanol–water partition coefficient (Wildman–Crippen LogP) is -0.0687. The molecule has 19 heavy (non-hydrogen) atoms. The number of carboxylic acids is 1. The number of nitrogens with zero attached hydrogens (tertiary/aromatic N) is 3. The molecule has 0 radical (unpaired) electrons. The van der Waals surface area contributed by atoms with Gasteiger partial charge in [-0.25, -0.2) is 0 Å². The van der Waals surface area contributed by atoms with Gasteiger partial charge in [0, 0.05) is 13.0 Å². The summed E-state index contributed by atoms with van der Waals surface area (Å²) in [6.07, 6.45) is -0.0573. The highest BCUT2D eigenvalue weighted by Gasteiger charge is 2.36. The molecule has 1 unspecified atom stereocenters. The van der Waals surface area contributed by atoms with Crippen molar-refractivity contribution >= 4 is 17.8 Å². The summed E-state index contributed by atoms with van der Waals surface area (Å²) in [5.74, 6) is -1.51. The van der Waals surface area contributed by atoms with Crippen molar-refractivity contribution in [2.45, 2.75) is 6.42 Å². The van der Waals surface area contributed by atoms with E-state index in [1.165, 1.54) is 25.2 Å². The van der Waals surface area contributed by atoms with Crippen LogP contribution in [0.1, 0.15) is 6.42 Å². The van der Waals surface area contributed by atoms with Crippen LogP contribution in [0.15, 0.2) is 6.07 Å². The van der Waals surface area contributed by atoms with E-state index in [2.05, 4.69) is 9.97 Å². The summed E-state index contributed by atoms with van der Waals surface area (Å²) in [7, 11) is 2.86. The largest absolute Gasteiger partial charge is 0.481 e. The zero-order chi connectivity index (χ0) is 14.0. The highest BCUT2D eigenvalue weighted by Crippen LogP contribution is 2.26. The molecule has 1 aromatic heterocycles. The van der Waals surface area contributed by atoms with Crippen molar-refractivity contribution in [3.05, 3.63) is 6.07 Å². The third-order valence-corrected chi connectivity index (χ3v) is 2.80. The molecule has 102 valence electrons. The summed E-state index contributed by atoms with van der Waals surface area (Å²) < 4.78 is 9.96. The molecule has 0 spiro atoms. The molecule has 1 fully saturated rings. The maximum atomic E-state index is 11.8. The molecule has 0 aromatic carbocycles. The summed E-state index contributed by atoms with van der Waals surface area (Å²) >= 11 is 0. The molecule has 1 amide bonds. The van der Waals surface area contributed by atoms with Crippen molar-refractivity contribution in [2.75, 3.05) is 25.7 Å². The molecule has 1 N–H and O–H groups in total. The smallest absolute Gasteiger partial charge is 0.308 e. The summed E-state index contributed by atoms with van der Waals surface area (Å²) in [5, 5.41) is 8.93. The number of rotatable bonds is 4. The highest BCUT2D eigenvalue weighted by molar-refractivity contribution is 5.97. The number of aromatic nitrogens is 2. The van der Waals surface area contributed by atoms with Gasteiger partial charge in [0.2, 0.25) is 23.6 Å². The molecule has 0 saturated carbocycles. The summed E-state index contributed by atoms with van der Waals surface area (Å²) in [5.41, 5.74) is 0. The minimum absolute atomic E-state index is 0.0461. The first-order valence-corrected chi connectivity index (χ1v) is 5.55. The van der Waals surface area contributed by atoms with E-state index in [1.807, 2.05) is 0 Å². The fourth-order valence-corrected chi connectivity index (χ4v) is 1.79. The second-order valence-corrected chi connectivity index (χ2v) is 4.00. The van der Waals surface area contributed by atoms with Crippen molar-refractivity contribution in [2.24, 2.45) is 5.92 Å². The number of hydrogen-bond acceptors (Lipinski definition) is 6. The van der Waals surface area contributed by atoms with E-state index in [-0.39, 0.29) is 36.6 Å². The van der Waals surface area contributed by atoms with Gasteiger partial charge in [-0.05, 0) is 0 Å². The number of methoxy groups -OCH3 is 2. The maximum Gasteiger partial charge on any atom is 0.308 e. The van der Waals surface area contributed by atoms with Gasteiger partial charge in [0.05, 0.1) is 26.2 Å². The molecule has 0 bridgehead atoms. The number of aliphatic carboxylic acids is 1. The quantitative estimate of drug-likeness (QED) is 0.814. The number of ether oxygens (including phenoxy) is 2. The SMILES string of the molecule is COc1cc(OC)nc(N2CC(C(=O)O)CC2=O)n1. The van der Waals surface area contributed by atoms with Crippen molar-refractivity contribution < 1.29 is 24.2 Å². The van der Waals surface area contributed by atoms with E-state index in [4.69, 9.17) is 14.6 Å². The summed E-state index contributed by atoms with van der Waals surface area (Å²) in [4.78, 5) is 32.0. The molecule has 1 saturated heterocycles. The van der Waals surface area contributed by atoms with Gasteiger partial charge in [-0.2, -0.15) is 9.97 Å². The van der Waals surface area contributed by atoms with E-state index in [9.17, 15) is 9.59 Å². The van der Waals surface area contributed by atoms with E-state index < -0.39 is 11.9 Å². The maximum absolute atomic E-state index is 11.8. The van der Waals surface area contributed by atoms with Crippen LogP contribution in [0.5, 0.6) is 11.8 Å². The Morgan fingerprint density at radius 2 is 1.95 bits per heavy atom. The number of carbonyl (C=O) groups excluding carboxylic acids is 1. The van der Waals surface area contributed by atoms with Crippen LogP contribution in [-0.4, -0.2) is 47.7 Å². The molecule has 1 aromatic rings. The normalized spacial score (nSPS) is 18.5. The minimum atomic E-state index is -1.01. The molecule has 0 aliphatic carbocycles. The lowest BCUT2D eigenvalue weighted by Gasteiger charge is -2.15. The lowest BCUT2D eigenvalue weighted by molar-refractivity contribution is -0.141. The topological polar surface area (TPSA) is 102 Å². The Bertz CT molecular complexity index is 497. The second-order valence-electron chi connectivity index (χ2n) is 4.00. The van der Waals surface area contributed by atoms with Crippen molar-refractivity contribution in [3.63, 3.8) is 0 Å². The molecular weight excluding hydrogens is 254 g/mol. The van der Waals surface area contributed by atoms with Gasteiger partial charge in [-0.3, -0.25) is 14.5 Å². The summed E-state index contributed by atoms with van der Waals surface area (Å²) in [6.45, 7) is 0.0461. The van der Waals surface area contributed by atoms with Crippen LogP contribution < -0.4 is 14.4 Å². The average Bonchev–Trinajstić information content (AvgIpc) is 2.80. The molecular formula is C11H13N3O5. The molecule has 2 heterocycles. The van der Waals surface area contributed by atoms with Gasteiger partial charge in [0.25, 0.3) is 0 Å². The monoisotopic (exact) mass is 267 g/mol. The second kappa shape index (κ2) is 5.09. The Labute approximate surface area is 109 Å². The summed E-state index contributed by atoms with van der Waals surface area (Å²) in [6, 6.07) is 1.47. The molecule has 1 aliphatic rings. The number of hydrogen-bond donors (Lipinski definition) is 1. The number of carbonyl (C=O) groups is 2. The van der Waals surface area contributed by atoms with Crippen LogP contribution in [0.4, 0.5) is 5.95 Å². The lowest BCUT2D eigenvalue weighted by atomic mass is 10.1. The first-order chi connectivity index (χ1) is 9.05. The van der Waals surface area contributed by atoms with Gasteiger partial charge in [-0.1, -0.05) is 0 Å². The zero-order valence-corrected chi connectivity index (χ0v) is 10.5. The van der Waals surface area contributed by atoms with Gasteiger partial charge in [0.15, 0.2) is 0 Å². The van der Waals surface area contributed by atoms with E-state index >= 15 is 0 Å². The number of amides is 1. The van der Waals surface area contributed by atoms with Crippen LogP contribution >= 0.6 is 0 Å². The molecule has 2 rings (SSSR count). The Morgan fingerprint density at radius 3 is 2.37 bits per heavy atom. The molecule has 1 aliphatic heterocycles. The van der Waals surface area contributed by atoms with Gasteiger partial charge in [-0.15, -0.1) is 0 Å². The van der Waals surface area contributed by atoms with Crippen LogP contribution in [0, 0.1) is 5.92 Å². The first kappa shape index (κ1) is 13.1. The highest BCUT2D eigenvalue weighted by atomic mass is 16.5. The van der Waals surface area contributed by atoms with E-state index in [0.717, 1.165) is 0 Å². The van der Waals surface area contributed by atoms with Gasteiger partial charge < -0.3 is 14.6 Å². The fourth-order valence-electron chi connectivity index (χ4n) is 1.79. The molecule has 8 heteroatoms. The Hall–Kier alpha value is -2.38. The van der Waals surface area contributed by atoms with Crippen molar-refractivity contribution in [1.82, 2.24) is 9.97 Å². The third-order valence-electron chi connectivity index (χ3n) is 2.80. The number of anilines is 1. The lowest BCUT2D eigenvalue weighted by Crippen LogP contribution is -2.27. The van der Waals surface area contributed by atoms with Crippen molar-refractivity contribution in [1.29, 1.82) is 0 Å². The molecule has 1 atom stereocenters. The van der Waals surface area contributed by atoms with Crippen LogP contribution in [0.3, 0.4) is 0 Å². The van der Waals surface area contributed by atoms with Gasteiger partial charge in [0.1, 0.15) is 0 Å². The first-order valence-electron chi connectivity index (χ1n) is 5.55. The Morgan fingerprint density at radius 1 is 1.37 bits per heavy atom. The number of carboxylic acid groups (broad SMARTS) is 1. The zero-order valence-electron chi connectivity index (χ0n) is 10.5. The predicted molar refractivity (Wildman–Crippen MR) is 63.2 cm³/mol. The van der Waals surface area contributed by atoms with Gasteiger partial charge >= 0.3 is 5.97 Å². The Kier molecular flexibility index (Phi) is 3.50. The van der Waals surface area contributed by atoms with Crippen LogP contribution in [0.2, 0.25) is 0 Å². The standard InChI is InChI=1S/C11H13N3O5/c1-18-7-4-8(19-2)13-11(12-7)14-5-6(10(16)17)3-9(14)15/h4,6H,3,5H2,1-2H3,(H,16,17). The van der Waals surface area contributed by atoms with Crippen molar-refractivity contribution in [3.8, 4) is 11.8 Å². The third kappa shape index (κ3) is 2.56. The fraction of sp³-hybridized carbons (Fsp3) is 0.455.